The van der Waals surface area contributed by atoms with Gasteiger partial charge < -0.3 is 5.32 Å². The van der Waals surface area contributed by atoms with Crippen LogP contribution >= 0.6 is 0 Å². The van der Waals surface area contributed by atoms with Crippen LogP contribution in [-0.4, -0.2) is 6.04 Å². The van der Waals surface area contributed by atoms with Crippen molar-refractivity contribution >= 4 is 5.69 Å². The lowest BCUT2D eigenvalue weighted by molar-refractivity contribution is 0.374. The van der Waals surface area contributed by atoms with Crippen LogP contribution in [0.4, 0.5) is 5.69 Å². The Labute approximate surface area is 120 Å². The number of aryl methyl sites for hydroxylation is 1. The molecule has 2 heteroatoms. The van der Waals surface area contributed by atoms with Gasteiger partial charge >= 0.3 is 0 Å². The van der Waals surface area contributed by atoms with E-state index >= 15 is 0 Å². The van der Waals surface area contributed by atoms with Crippen molar-refractivity contribution in [3.8, 4) is 6.07 Å². The maximum Gasteiger partial charge on any atom is 0.0992 e. The molecule has 2 aromatic rings. The second-order valence-corrected chi connectivity index (χ2v) is 5.62. The van der Waals surface area contributed by atoms with Gasteiger partial charge in [0.25, 0.3) is 0 Å². The zero-order valence-electron chi connectivity index (χ0n) is 11.6. The maximum absolute atomic E-state index is 8.91. The van der Waals surface area contributed by atoms with Gasteiger partial charge in [0.05, 0.1) is 11.6 Å². The number of nitriles is 1. The van der Waals surface area contributed by atoms with Gasteiger partial charge in [0.2, 0.25) is 0 Å². The van der Waals surface area contributed by atoms with Crippen LogP contribution in [0, 0.1) is 18.3 Å². The number of hydrogen-bond acceptors (Lipinski definition) is 2. The van der Waals surface area contributed by atoms with E-state index in [1.54, 1.807) is 0 Å². The highest BCUT2D eigenvalue weighted by Gasteiger charge is 2.30. The highest BCUT2D eigenvalue weighted by Crippen LogP contribution is 2.38. The third-order valence-corrected chi connectivity index (χ3v) is 4.01. The zero-order chi connectivity index (χ0) is 13.9. The number of benzene rings is 2. The van der Waals surface area contributed by atoms with Crippen molar-refractivity contribution in [3.63, 3.8) is 0 Å². The molecule has 2 aromatic carbocycles. The summed E-state index contributed by atoms with van der Waals surface area (Å²) in [5, 5.41) is 12.4. The molecule has 3 rings (SSSR count). The van der Waals surface area contributed by atoms with E-state index in [1.165, 1.54) is 24.0 Å². The lowest BCUT2D eigenvalue weighted by Gasteiger charge is -2.37. The first-order chi connectivity index (χ1) is 9.74. The summed E-state index contributed by atoms with van der Waals surface area (Å²) in [5.41, 5.74) is 4.55. The van der Waals surface area contributed by atoms with Gasteiger partial charge in [-0.3, -0.25) is 0 Å². The monoisotopic (exact) mass is 262 g/mol. The molecule has 0 atom stereocenters. The molecule has 1 saturated carbocycles. The van der Waals surface area contributed by atoms with Crippen molar-refractivity contribution in [2.45, 2.75) is 31.7 Å². The van der Waals surface area contributed by atoms with Crippen LogP contribution in [0.1, 0.15) is 35.4 Å². The lowest BCUT2D eigenvalue weighted by Crippen LogP contribution is -2.34. The van der Waals surface area contributed by atoms with Gasteiger partial charge in [-0.2, -0.15) is 5.26 Å². The molecule has 1 aliphatic rings. The fourth-order valence-electron chi connectivity index (χ4n) is 2.85. The quantitative estimate of drug-likeness (QED) is 0.898. The van der Waals surface area contributed by atoms with Gasteiger partial charge in [-0.05, 0) is 49.4 Å². The van der Waals surface area contributed by atoms with Crippen LogP contribution in [0.25, 0.3) is 0 Å². The number of anilines is 1. The molecule has 0 bridgehead atoms. The van der Waals surface area contributed by atoms with Crippen molar-refractivity contribution in [3.05, 3.63) is 65.2 Å². The average molecular weight is 262 g/mol. The summed E-state index contributed by atoms with van der Waals surface area (Å²) < 4.78 is 0. The predicted molar refractivity (Wildman–Crippen MR) is 81.7 cm³/mol. The van der Waals surface area contributed by atoms with E-state index in [0.717, 1.165) is 5.69 Å². The van der Waals surface area contributed by atoms with Crippen LogP contribution in [0.3, 0.4) is 0 Å². The van der Waals surface area contributed by atoms with Crippen molar-refractivity contribution in [2.24, 2.45) is 0 Å². The van der Waals surface area contributed by atoms with E-state index in [0.29, 0.717) is 17.5 Å². The zero-order valence-corrected chi connectivity index (χ0v) is 11.6. The molecular weight excluding hydrogens is 244 g/mol. The van der Waals surface area contributed by atoms with Crippen LogP contribution in [0.5, 0.6) is 0 Å². The summed E-state index contributed by atoms with van der Waals surface area (Å²) in [7, 11) is 0. The van der Waals surface area contributed by atoms with E-state index in [2.05, 4.69) is 42.6 Å². The van der Waals surface area contributed by atoms with Crippen LogP contribution in [0.15, 0.2) is 48.5 Å². The minimum Gasteiger partial charge on any atom is -0.382 e. The van der Waals surface area contributed by atoms with Crippen molar-refractivity contribution in [2.75, 3.05) is 5.32 Å². The number of nitrogens with one attached hydrogen (secondary N) is 1. The minimum atomic E-state index is 0.523. The molecule has 20 heavy (non-hydrogen) atoms. The Morgan fingerprint density at radius 3 is 2.65 bits per heavy atom. The summed E-state index contributed by atoms with van der Waals surface area (Å²) in [6.45, 7) is 2.14. The van der Waals surface area contributed by atoms with E-state index < -0.39 is 0 Å². The second kappa shape index (κ2) is 5.38. The largest absolute Gasteiger partial charge is 0.382 e. The second-order valence-electron chi connectivity index (χ2n) is 5.62. The molecule has 2 nitrogen and oxygen atoms in total. The Kier molecular flexibility index (Phi) is 3.43. The molecule has 1 fully saturated rings. The molecule has 1 aliphatic carbocycles. The molecule has 0 saturated heterocycles. The third kappa shape index (κ3) is 2.67. The van der Waals surface area contributed by atoms with Gasteiger partial charge in [0, 0.05) is 11.7 Å². The fraction of sp³-hybridized carbons (Fsp3) is 0.278. The van der Waals surface area contributed by atoms with Crippen molar-refractivity contribution in [1.82, 2.24) is 0 Å². The summed E-state index contributed by atoms with van der Waals surface area (Å²) in [4.78, 5) is 0. The average Bonchev–Trinajstić information content (AvgIpc) is 2.42. The molecular formula is C18H18N2. The Morgan fingerprint density at radius 1 is 1.10 bits per heavy atom. The molecule has 0 heterocycles. The molecule has 0 radical (unpaired) electrons. The van der Waals surface area contributed by atoms with E-state index in [4.69, 9.17) is 5.26 Å². The Morgan fingerprint density at radius 2 is 1.90 bits per heavy atom. The molecule has 0 aromatic heterocycles. The number of nitrogens with zero attached hydrogens (tertiary/aromatic N) is 1. The Hall–Kier alpha value is -2.27. The Bertz CT molecular complexity index is 648. The molecule has 1 N–H and O–H groups in total. The number of hydrogen-bond donors (Lipinski definition) is 1. The van der Waals surface area contributed by atoms with Gasteiger partial charge in [0.1, 0.15) is 0 Å². The molecule has 100 valence electrons. The van der Waals surface area contributed by atoms with Gasteiger partial charge in [0.15, 0.2) is 0 Å². The number of rotatable bonds is 3. The van der Waals surface area contributed by atoms with Crippen LogP contribution in [0.2, 0.25) is 0 Å². The highest BCUT2D eigenvalue weighted by molar-refractivity contribution is 5.50. The molecule has 0 unspecified atom stereocenters. The first-order valence-corrected chi connectivity index (χ1v) is 7.08. The fourth-order valence-corrected chi connectivity index (χ4v) is 2.85. The Balaban J connectivity index is 1.59. The smallest absolute Gasteiger partial charge is 0.0992 e. The summed E-state index contributed by atoms with van der Waals surface area (Å²) in [6.07, 6.45) is 2.33. The van der Waals surface area contributed by atoms with Crippen LogP contribution in [-0.2, 0) is 0 Å². The SMILES string of the molecule is Cc1cccc(C2CC(Nc3cccc(C#N)c3)C2)c1. The maximum atomic E-state index is 8.91. The van der Waals surface area contributed by atoms with E-state index in [-0.39, 0.29) is 0 Å². The topological polar surface area (TPSA) is 35.8 Å². The van der Waals surface area contributed by atoms with Crippen molar-refractivity contribution in [1.29, 1.82) is 5.26 Å². The van der Waals surface area contributed by atoms with Gasteiger partial charge in [-0.1, -0.05) is 35.9 Å². The normalized spacial score (nSPS) is 20.8. The summed E-state index contributed by atoms with van der Waals surface area (Å²) in [5.74, 6) is 0.673. The van der Waals surface area contributed by atoms with Gasteiger partial charge in [-0.15, -0.1) is 0 Å². The van der Waals surface area contributed by atoms with Gasteiger partial charge in [-0.25, -0.2) is 0 Å². The standard InChI is InChI=1S/C18H18N2/c1-13-4-2-6-15(8-13)16-10-18(11-16)20-17-7-3-5-14(9-17)12-19/h2-9,16,18,20H,10-11H2,1H3. The highest BCUT2D eigenvalue weighted by atomic mass is 14.9. The predicted octanol–water partition coefficient (Wildman–Crippen LogP) is 4.22. The van der Waals surface area contributed by atoms with E-state index in [9.17, 15) is 0 Å². The van der Waals surface area contributed by atoms with E-state index in [1.807, 2.05) is 24.3 Å². The molecule has 0 aliphatic heterocycles. The first-order valence-electron chi connectivity index (χ1n) is 7.08. The van der Waals surface area contributed by atoms with Crippen LogP contribution < -0.4 is 5.32 Å². The first kappa shape index (κ1) is 12.7. The molecule has 0 spiro atoms. The third-order valence-electron chi connectivity index (χ3n) is 4.01. The lowest BCUT2D eigenvalue weighted by atomic mass is 9.75. The minimum absolute atomic E-state index is 0.523. The van der Waals surface area contributed by atoms with Crippen molar-refractivity contribution < 1.29 is 0 Å². The summed E-state index contributed by atoms with van der Waals surface area (Å²) in [6, 6.07) is 19.2. The molecule has 0 amide bonds. The summed E-state index contributed by atoms with van der Waals surface area (Å²) >= 11 is 0.